The van der Waals surface area contributed by atoms with Crippen molar-refractivity contribution in [1.82, 2.24) is 15.3 Å². The van der Waals surface area contributed by atoms with Crippen molar-refractivity contribution in [3.8, 4) is 0 Å². The fraction of sp³-hybridized carbons (Fsp3) is 0.524. The number of nitrogens with zero attached hydrogens (tertiary/aromatic N) is 2. The second-order valence-corrected chi connectivity index (χ2v) is 7.32. The number of aryl methyl sites for hydroxylation is 1. The fourth-order valence-corrected chi connectivity index (χ4v) is 4.77. The standard InChI is InChI=1S/C21H27N3/c1-2-19-22-12-15(13-23-19)14-24-21-18-11-7-6-10-17(18)20(21)16-8-4-3-5-9-16/h3-5,8-9,12-13,17-18,20-21,24H,2,6-7,10-11,14H2,1H3/t17-,18+,20+,21+/m1/s1. The van der Waals surface area contributed by atoms with E-state index in [0.29, 0.717) is 12.0 Å². The van der Waals surface area contributed by atoms with Crippen LogP contribution >= 0.6 is 0 Å². The first-order valence-electron chi connectivity index (χ1n) is 9.45. The van der Waals surface area contributed by atoms with Gasteiger partial charge in [0.05, 0.1) is 0 Å². The lowest BCUT2D eigenvalue weighted by atomic mass is 9.53. The summed E-state index contributed by atoms with van der Waals surface area (Å²) >= 11 is 0. The van der Waals surface area contributed by atoms with Crippen molar-refractivity contribution in [2.75, 3.05) is 0 Å². The van der Waals surface area contributed by atoms with Crippen LogP contribution in [0.5, 0.6) is 0 Å². The molecule has 0 aliphatic heterocycles. The Morgan fingerprint density at radius 1 is 1.00 bits per heavy atom. The second kappa shape index (κ2) is 7.02. The van der Waals surface area contributed by atoms with Gasteiger partial charge in [0.2, 0.25) is 0 Å². The van der Waals surface area contributed by atoms with E-state index < -0.39 is 0 Å². The summed E-state index contributed by atoms with van der Waals surface area (Å²) < 4.78 is 0. The van der Waals surface area contributed by atoms with Crippen LogP contribution in [0.2, 0.25) is 0 Å². The van der Waals surface area contributed by atoms with E-state index in [9.17, 15) is 0 Å². The molecule has 126 valence electrons. The second-order valence-electron chi connectivity index (χ2n) is 7.32. The molecule has 0 unspecified atom stereocenters. The minimum absolute atomic E-state index is 0.601. The number of benzene rings is 1. The summed E-state index contributed by atoms with van der Waals surface area (Å²) in [5, 5.41) is 3.84. The number of nitrogens with one attached hydrogen (secondary N) is 1. The van der Waals surface area contributed by atoms with Gasteiger partial charge in [-0.1, -0.05) is 50.1 Å². The smallest absolute Gasteiger partial charge is 0.127 e. The molecule has 1 N–H and O–H groups in total. The Morgan fingerprint density at radius 3 is 2.42 bits per heavy atom. The fourth-order valence-electron chi connectivity index (χ4n) is 4.77. The van der Waals surface area contributed by atoms with Gasteiger partial charge in [-0.25, -0.2) is 9.97 Å². The van der Waals surface area contributed by atoms with Gasteiger partial charge >= 0.3 is 0 Å². The summed E-state index contributed by atoms with van der Waals surface area (Å²) in [7, 11) is 0. The van der Waals surface area contributed by atoms with Crippen LogP contribution in [-0.2, 0) is 13.0 Å². The zero-order chi connectivity index (χ0) is 16.4. The quantitative estimate of drug-likeness (QED) is 0.901. The molecule has 2 saturated carbocycles. The van der Waals surface area contributed by atoms with Gasteiger partial charge in [-0.15, -0.1) is 0 Å². The number of fused-ring (bicyclic) bond motifs is 1. The van der Waals surface area contributed by atoms with Gasteiger partial charge in [-0.3, -0.25) is 0 Å². The molecular weight excluding hydrogens is 294 g/mol. The van der Waals surface area contributed by atoms with Crippen molar-refractivity contribution in [1.29, 1.82) is 0 Å². The number of rotatable bonds is 5. The highest BCUT2D eigenvalue weighted by Gasteiger charge is 2.50. The maximum absolute atomic E-state index is 4.43. The summed E-state index contributed by atoms with van der Waals surface area (Å²) in [5.41, 5.74) is 2.70. The van der Waals surface area contributed by atoms with Crippen molar-refractivity contribution in [2.24, 2.45) is 11.8 Å². The van der Waals surface area contributed by atoms with E-state index in [1.54, 1.807) is 0 Å². The Morgan fingerprint density at radius 2 is 1.71 bits per heavy atom. The van der Waals surface area contributed by atoms with Gasteiger partial charge in [-0.2, -0.15) is 0 Å². The molecule has 0 bridgehead atoms. The first kappa shape index (κ1) is 15.8. The molecule has 4 rings (SSSR count). The predicted molar refractivity (Wildman–Crippen MR) is 96.7 cm³/mol. The molecule has 24 heavy (non-hydrogen) atoms. The van der Waals surface area contributed by atoms with Crippen molar-refractivity contribution < 1.29 is 0 Å². The lowest BCUT2D eigenvalue weighted by Crippen LogP contribution is -2.57. The van der Waals surface area contributed by atoms with Crippen LogP contribution < -0.4 is 5.32 Å². The van der Waals surface area contributed by atoms with Crippen LogP contribution in [0.25, 0.3) is 0 Å². The first-order chi connectivity index (χ1) is 11.9. The van der Waals surface area contributed by atoms with Gasteiger partial charge < -0.3 is 5.32 Å². The molecule has 1 aromatic carbocycles. The summed E-state index contributed by atoms with van der Waals surface area (Å²) in [6.45, 7) is 2.97. The van der Waals surface area contributed by atoms with E-state index in [1.807, 2.05) is 12.4 Å². The molecule has 2 aliphatic rings. The summed E-state index contributed by atoms with van der Waals surface area (Å²) in [5.74, 6) is 3.32. The van der Waals surface area contributed by atoms with E-state index in [-0.39, 0.29) is 0 Å². The highest BCUT2D eigenvalue weighted by molar-refractivity contribution is 5.28. The third-order valence-corrected chi connectivity index (χ3v) is 5.99. The normalized spacial score (nSPS) is 28.9. The molecule has 0 spiro atoms. The predicted octanol–water partition coefficient (Wildman–Crippen LogP) is 4.10. The lowest BCUT2D eigenvalue weighted by molar-refractivity contribution is 0.0254. The van der Waals surface area contributed by atoms with Crippen LogP contribution in [0.15, 0.2) is 42.7 Å². The van der Waals surface area contributed by atoms with Crippen LogP contribution in [0.1, 0.15) is 55.5 Å². The van der Waals surface area contributed by atoms with E-state index in [4.69, 9.17) is 0 Å². The van der Waals surface area contributed by atoms with Gasteiger partial charge in [0.1, 0.15) is 5.82 Å². The highest BCUT2D eigenvalue weighted by atomic mass is 15.0. The Kier molecular flexibility index (Phi) is 4.61. The largest absolute Gasteiger partial charge is 0.309 e. The summed E-state index contributed by atoms with van der Waals surface area (Å²) in [6, 6.07) is 11.7. The highest BCUT2D eigenvalue weighted by Crippen LogP contribution is 2.54. The van der Waals surface area contributed by atoms with Crippen molar-refractivity contribution in [3.05, 3.63) is 59.7 Å². The third kappa shape index (κ3) is 2.98. The molecule has 4 atom stereocenters. The van der Waals surface area contributed by atoms with E-state index in [0.717, 1.165) is 30.6 Å². The first-order valence-corrected chi connectivity index (χ1v) is 9.45. The topological polar surface area (TPSA) is 37.8 Å². The van der Waals surface area contributed by atoms with Crippen LogP contribution in [0.4, 0.5) is 0 Å². The monoisotopic (exact) mass is 321 g/mol. The van der Waals surface area contributed by atoms with Crippen molar-refractivity contribution in [2.45, 2.75) is 57.5 Å². The van der Waals surface area contributed by atoms with Gasteiger partial charge in [-0.05, 0) is 30.2 Å². The summed E-state index contributed by atoms with van der Waals surface area (Å²) in [4.78, 5) is 8.85. The molecule has 0 radical (unpaired) electrons. The molecule has 0 saturated heterocycles. The third-order valence-electron chi connectivity index (χ3n) is 5.99. The van der Waals surface area contributed by atoms with E-state index in [2.05, 4.69) is 52.5 Å². The molecule has 0 amide bonds. The number of hydrogen-bond acceptors (Lipinski definition) is 3. The average molecular weight is 321 g/mol. The molecular formula is C21H27N3. The molecule has 2 aromatic rings. The molecule has 2 fully saturated rings. The molecule has 1 aromatic heterocycles. The Balaban J connectivity index is 1.47. The maximum atomic E-state index is 4.43. The number of hydrogen-bond donors (Lipinski definition) is 1. The molecule has 2 aliphatic carbocycles. The maximum Gasteiger partial charge on any atom is 0.127 e. The van der Waals surface area contributed by atoms with Crippen LogP contribution in [0, 0.1) is 11.8 Å². The van der Waals surface area contributed by atoms with Crippen molar-refractivity contribution in [3.63, 3.8) is 0 Å². The average Bonchev–Trinajstić information content (AvgIpc) is 2.64. The zero-order valence-electron chi connectivity index (χ0n) is 14.5. The minimum atomic E-state index is 0.601. The molecule has 1 heterocycles. The Hall–Kier alpha value is -1.74. The zero-order valence-corrected chi connectivity index (χ0v) is 14.5. The molecule has 3 heteroatoms. The van der Waals surface area contributed by atoms with Crippen LogP contribution in [0.3, 0.4) is 0 Å². The molecule has 3 nitrogen and oxygen atoms in total. The lowest BCUT2D eigenvalue weighted by Gasteiger charge is -2.55. The Bertz CT molecular complexity index is 653. The van der Waals surface area contributed by atoms with Gasteiger partial charge in [0, 0.05) is 42.9 Å². The van der Waals surface area contributed by atoms with Gasteiger partial charge in [0.25, 0.3) is 0 Å². The van der Waals surface area contributed by atoms with E-state index >= 15 is 0 Å². The Labute approximate surface area is 144 Å². The SMILES string of the molecule is CCc1ncc(CN[C@H]2[C@H]3CCCC[C@H]3[C@@H]2c2ccccc2)cn1. The number of aromatic nitrogens is 2. The minimum Gasteiger partial charge on any atom is -0.309 e. The van der Waals surface area contributed by atoms with E-state index in [1.165, 1.54) is 36.8 Å². The summed E-state index contributed by atoms with van der Waals surface area (Å²) in [6.07, 6.45) is 10.4. The van der Waals surface area contributed by atoms with Gasteiger partial charge in [0.15, 0.2) is 0 Å². The van der Waals surface area contributed by atoms with Crippen molar-refractivity contribution >= 4 is 0 Å². The van der Waals surface area contributed by atoms with Crippen LogP contribution in [-0.4, -0.2) is 16.0 Å².